The zero-order chi connectivity index (χ0) is 16.0. The normalized spacial score (nSPS) is 15.0. The molecule has 2 heterocycles. The summed E-state index contributed by atoms with van der Waals surface area (Å²) >= 11 is 0. The second kappa shape index (κ2) is 5.02. The monoisotopic (exact) mass is 305 g/mol. The van der Waals surface area contributed by atoms with E-state index in [2.05, 4.69) is 0 Å². The maximum absolute atomic E-state index is 12.6. The van der Waals surface area contributed by atoms with E-state index in [1.165, 1.54) is 0 Å². The molecule has 0 fully saturated rings. The van der Waals surface area contributed by atoms with E-state index in [-0.39, 0.29) is 5.78 Å². The topological polar surface area (TPSA) is 40.5 Å². The molecule has 4 heteroatoms. The molecule has 0 radical (unpaired) electrons. The minimum atomic E-state index is -0.119. The van der Waals surface area contributed by atoms with Crippen LogP contribution in [0.25, 0.3) is 17.0 Å². The van der Waals surface area contributed by atoms with E-state index in [9.17, 15) is 4.79 Å². The van der Waals surface area contributed by atoms with Gasteiger partial charge in [0.05, 0.1) is 12.7 Å². The first-order valence-electron chi connectivity index (χ1n) is 7.34. The van der Waals surface area contributed by atoms with Gasteiger partial charge in [-0.25, -0.2) is 0 Å². The Hall–Kier alpha value is -3.01. The van der Waals surface area contributed by atoms with Crippen LogP contribution >= 0.6 is 0 Å². The summed E-state index contributed by atoms with van der Waals surface area (Å²) in [6, 6.07) is 13.4. The SMILES string of the molecule is COc1cccc2c1O/C(=C\c1cn(C)c3ccccc13)C2=O. The van der Waals surface area contributed by atoms with Crippen molar-refractivity contribution >= 4 is 22.8 Å². The summed E-state index contributed by atoms with van der Waals surface area (Å²) in [5.74, 6) is 1.26. The third-order valence-corrected chi connectivity index (χ3v) is 4.09. The molecule has 0 unspecified atom stereocenters. The molecule has 0 saturated heterocycles. The Morgan fingerprint density at radius 1 is 1.13 bits per heavy atom. The van der Waals surface area contributed by atoms with Crippen LogP contribution in [0.2, 0.25) is 0 Å². The molecule has 0 amide bonds. The summed E-state index contributed by atoms with van der Waals surface area (Å²) in [6.07, 6.45) is 3.79. The van der Waals surface area contributed by atoms with Crippen LogP contribution < -0.4 is 9.47 Å². The predicted molar refractivity (Wildman–Crippen MR) is 88.8 cm³/mol. The van der Waals surface area contributed by atoms with Crippen molar-refractivity contribution in [1.29, 1.82) is 0 Å². The van der Waals surface area contributed by atoms with Crippen LogP contribution in [0.3, 0.4) is 0 Å². The van der Waals surface area contributed by atoms with Crippen molar-refractivity contribution in [3.8, 4) is 11.5 Å². The molecule has 114 valence electrons. The van der Waals surface area contributed by atoms with E-state index in [4.69, 9.17) is 9.47 Å². The van der Waals surface area contributed by atoms with Gasteiger partial charge in [0.25, 0.3) is 0 Å². The van der Waals surface area contributed by atoms with Gasteiger partial charge in [-0.05, 0) is 24.3 Å². The molecule has 3 aromatic rings. The third-order valence-electron chi connectivity index (χ3n) is 4.09. The number of nitrogens with zero attached hydrogens (tertiary/aromatic N) is 1. The average molecular weight is 305 g/mol. The van der Waals surface area contributed by atoms with Gasteiger partial charge < -0.3 is 14.0 Å². The van der Waals surface area contributed by atoms with E-state index < -0.39 is 0 Å². The number of hydrogen-bond acceptors (Lipinski definition) is 3. The largest absolute Gasteiger partial charge is 0.493 e. The second-order valence-electron chi connectivity index (χ2n) is 5.49. The van der Waals surface area contributed by atoms with E-state index in [0.717, 1.165) is 16.5 Å². The molecule has 0 saturated carbocycles. The molecule has 0 N–H and O–H groups in total. The van der Waals surface area contributed by atoms with Gasteiger partial charge in [-0.15, -0.1) is 0 Å². The number of ether oxygens (including phenoxy) is 2. The average Bonchev–Trinajstić information content (AvgIpc) is 3.07. The Labute approximate surface area is 133 Å². The minimum Gasteiger partial charge on any atom is -0.493 e. The highest BCUT2D eigenvalue weighted by Crippen LogP contribution is 2.39. The Morgan fingerprint density at radius 2 is 1.96 bits per heavy atom. The van der Waals surface area contributed by atoms with E-state index in [1.807, 2.05) is 42.1 Å². The van der Waals surface area contributed by atoms with Gasteiger partial charge in [0.1, 0.15) is 0 Å². The van der Waals surface area contributed by atoms with Crippen molar-refractivity contribution in [3.63, 3.8) is 0 Å². The molecule has 4 rings (SSSR count). The van der Waals surface area contributed by atoms with Crippen molar-refractivity contribution in [3.05, 3.63) is 65.5 Å². The van der Waals surface area contributed by atoms with Gasteiger partial charge in [0.2, 0.25) is 5.78 Å². The van der Waals surface area contributed by atoms with Crippen LogP contribution in [0.15, 0.2) is 54.4 Å². The first kappa shape index (κ1) is 13.6. The number of ketones is 1. The molecule has 23 heavy (non-hydrogen) atoms. The number of rotatable bonds is 2. The van der Waals surface area contributed by atoms with E-state index in [1.54, 1.807) is 31.4 Å². The van der Waals surface area contributed by atoms with Gasteiger partial charge in [-0.3, -0.25) is 4.79 Å². The number of methoxy groups -OCH3 is 1. The summed E-state index contributed by atoms with van der Waals surface area (Å²) < 4.78 is 13.1. The van der Waals surface area contributed by atoms with Crippen molar-refractivity contribution in [1.82, 2.24) is 4.57 Å². The third kappa shape index (κ3) is 2.03. The maximum Gasteiger partial charge on any atom is 0.232 e. The summed E-state index contributed by atoms with van der Waals surface area (Å²) in [4.78, 5) is 12.6. The van der Waals surface area contributed by atoms with Crippen molar-refractivity contribution in [2.45, 2.75) is 0 Å². The Kier molecular flexibility index (Phi) is 2.98. The van der Waals surface area contributed by atoms with Gasteiger partial charge in [0, 0.05) is 29.7 Å². The maximum atomic E-state index is 12.6. The van der Waals surface area contributed by atoms with Crippen molar-refractivity contribution in [2.75, 3.05) is 7.11 Å². The molecule has 2 aromatic carbocycles. The number of allylic oxidation sites excluding steroid dienone is 1. The van der Waals surface area contributed by atoms with E-state index in [0.29, 0.717) is 22.8 Å². The number of benzene rings is 2. The molecule has 0 atom stereocenters. The number of aryl methyl sites for hydroxylation is 1. The lowest BCUT2D eigenvalue weighted by Gasteiger charge is -2.04. The van der Waals surface area contributed by atoms with E-state index >= 15 is 0 Å². The van der Waals surface area contributed by atoms with Crippen molar-refractivity contribution in [2.24, 2.45) is 7.05 Å². The minimum absolute atomic E-state index is 0.119. The highest BCUT2D eigenvalue weighted by atomic mass is 16.5. The Bertz CT molecular complexity index is 966. The summed E-state index contributed by atoms with van der Waals surface area (Å²) in [6.45, 7) is 0. The van der Waals surface area contributed by atoms with Crippen LogP contribution in [-0.2, 0) is 7.05 Å². The second-order valence-corrected chi connectivity index (χ2v) is 5.49. The highest BCUT2D eigenvalue weighted by Gasteiger charge is 2.30. The molecule has 0 aliphatic carbocycles. The van der Waals surface area contributed by atoms with Crippen LogP contribution in [-0.4, -0.2) is 17.5 Å². The molecule has 0 bridgehead atoms. The lowest BCUT2D eigenvalue weighted by atomic mass is 10.1. The number of fused-ring (bicyclic) bond motifs is 2. The zero-order valence-electron chi connectivity index (χ0n) is 12.9. The molecule has 0 spiro atoms. The summed E-state index contributed by atoms with van der Waals surface area (Å²) in [5.41, 5.74) is 2.61. The zero-order valence-corrected chi connectivity index (χ0v) is 12.9. The first-order chi connectivity index (χ1) is 11.2. The molecule has 4 nitrogen and oxygen atoms in total. The molecule has 1 aliphatic heterocycles. The standard InChI is InChI=1S/C19H15NO3/c1-20-11-12(13-6-3-4-8-15(13)20)10-17-18(21)14-7-5-9-16(22-2)19(14)23-17/h3-11H,1-2H3/b17-10-. The van der Waals surface area contributed by atoms with Crippen LogP contribution in [0.4, 0.5) is 0 Å². The van der Waals surface area contributed by atoms with Gasteiger partial charge in [-0.2, -0.15) is 0 Å². The van der Waals surface area contributed by atoms with Gasteiger partial charge >= 0.3 is 0 Å². The van der Waals surface area contributed by atoms with Crippen LogP contribution in [0.5, 0.6) is 11.5 Å². The number of para-hydroxylation sites is 2. The fraction of sp³-hybridized carbons (Fsp3) is 0.105. The summed E-state index contributed by atoms with van der Waals surface area (Å²) in [7, 11) is 3.55. The Morgan fingerprint density at radius 3 is 2.78 bits per heavy atom. The molecular formula is C19H15NO3. The van der Waals surface area contributed by atoms with Crippen LogP contribution in [0, 0.1) is 0 Å². The Balaban J connectivity index is 1.83. The lowest BCUT2D eigenvalue weighted by molar-refractivity contribution is 0.101. The number of aromatic nitrogens is 1. The van der Waals surface area contributed by atoms with Gasteiger partial charge in [0.15, 0.2) is 17.3 Å². The predicted octanol–water partition coefficient (Wildman–Crippen LogP) is 3.80. The number of hydrogen-bond donors (Lipinski definition) is 0. The quantitative estimate of drug-likeness (QED) is 0.676. The lowest BCUT2D eigenvalue weighted by Crippen LogP contribution is -1.97. The smallest absolute Gasteiger partial charge is 0.232 e. The highest BCUT2D eigenvalue weighted by molar-refractivity contribution is 6.15. The summed E-state index contributed by atoms with van der Waals surface area (Å²) in [5, 5.41) is 1.09. The molecular weight excluding hydrogens is 290 g/mol. The van der Waals surface area contributed by atoms with Crippen molar-refractivity contribution < 1.29 is 14.3 Å². The fourth-order valence-corrected chi connectivity index (χ4v) is 2.97. The number of carbonyl (C=O) groups is 1. The molecule has 1 aromatic heterocycles. The number of carbonyl (C=O) groups excluding carboxylic acids is 1. The molecule has 1 aliphatic rings. The van der Waals surface area contributed by atoms with Gasteiger partial charge in [-0.1, -0.05) is 24.3 Å². The number of Topliss-reactive ketones (excluding diaryl/α,β-unsaturated/α-hetero) is 1. The fourth-order valence-electron chi connectivity index (χ4n) is 2.97. The van der Waals surface area contributed by atoms with Crippen LogP contribution in [0.1, 0.15) is 15.9 Å². The first-order valence-corrected chi connectivity index (χ1v) is 7.34.